The van der Waals surface area contributed by atoms with Crippen molar-refractivity contribution in [2.75, 3.05) is 56.7 Å². The second kappa shape index (κ2) is 21.1. The van der Waals surface area contributed by atoms with Crippen molar-refractivity contribution >= 4 is 63.4 Å². The van der Waals surface area contributed by atoms with Gasteiger partial charge in [0.15, 0.2) is 0 Å². The van der Waals surface area contributed by atoms with Crippen LogP contribution in [0.3, 0.4) is 0 Å². The molecule has 2 atom stereocenters. The first kappa shape index (κ1) is 45.9. The first-order valence-electron chi connectivity index (χ1n) is 22.8. The highest BCUT2D eigenvalue weighted by atomic mass is 35.5. The van der Waals surface area contributed by atoms with Crippen LogP contribution in [0.15, 0.2) is 66.9 Å². The maximum atomic E-state index is 14.1. The van der Waals surface area contributed by atoms with E-state index in [-0.39, 0.29) is 73.4 Å². The lowest BCUT2D eigenvalue weighted by Crippen LogP contribution is -2.52. The predicted octanol–water partition coefficient (Wildman–Crippen LogP) is 7.24. The van der Waals surface area contributed by atoms with Crippen molar-refractivity contribution in [1.82, 2.24) is 20.1 Å². The molecular weight excluding hydrogens is 855 g/mol. The van der Waals surface area contributed by atoms with Gasteiger partial charge < -0.3 is 34.6 Å². The van der Waals surface area contributed by atoms with Crippen molar-refractivity contribution in [2.45, 2.75) is 89.3 Å². The second-order valence-corrected chi connectivity index (χ2v) is 17.8. The van der Waals surface area contributed by atoms with E-state index in [2.05, 4.69) is 20.9 Å². The summed E-state index contributed by atoms with van der Waals surface area (Å²) in [4.78, 5) is 71.2. The number of halogens is 2. The monoisotopic (exact) mass is 910 g/mol. The molecule has 3 N–H and O–H groups in total. The Hall–Kier alpha value is -5.64. The zero-order valence-corrected chi connectivity index (χ0v) is 37.4. The number of aromatic nitrogens is 1. The Morgan fingerprint density at radius 2 is 1.71 bits per heavy atom. The number of carbonyl (C=O) groups excluding carboxylic acids is 5. The lowest BCUT2D eigenvalue weighted by molar-refractivity contribution is -0.137. The third-order valence-electron chi connectivity index (χ3n) is 13.3. The summed E-state index contributed by atoms with van der Waals surface area (Å²) >= 11 is 6.54. The van der Waals surface area contributed by atoms with Crippen molar-refractivity contribution in [3.8, 4) is 5.75 Å². The quantitative estimate of drug-likeness (QED) is 0.0726. The molecule has 65 heavy (non-hydrogen) atoms. The molecule has 1 saturated carbocycles. The van der Waals surface area contributed by atoms with Gasteiger partial charge >= 0.3 is 0 Å². The van der Waals surface area contributed by atoms with Gasteiger partial charge in [0.25, 0.3) is 5.91 Å². The van der Waals surface area contributed by atoms with E-state index in [4.69, 9.17) is 25.8 Å². The summed E-state index contributed by atoms with van der Waals surface area (Å²) in [5, 5.41) is 10.0. The molecule has 0 spiro atoms. The summed E-state index contributed by atoms with van der Waals surface area (Å²) in [5.74, 6) is -0.442. The van der Waals surface area contributed by atoms with Gasteiger partial charge in [-0.1, -0.05) is 24.6 Å². The number of rotatable bonds is 17. The SMILES string of the molecule is C[C@@H](C(=O)Nc1ccc(Cl)c(OC2CCN(C(=O)CCOCCOCCNc3cccc4c3CN(C3CCC(=O)NC3=O)C4=O)CC2)c1)C1CCC(c2ccnc3ccc(F)cc23)CC1. The number of benzene rings is 3. The van der Waals surface area contributed by atoms with Gasteiger partial charge in [-0.05, 0) is 98.0 Å². The average molecular weight is 911 g/mol. The third kappa shape index (κ3) is 11.1. The molecule has 3 fully saturated rings. The van der Waals surface area contributed by atoms with Crippen molar-refractivity contribution in [1.29, 1.82) is 0 Å². The molecule has 3 aliphatic heterocycles. The summed E-state index contributed by atoms with van der Waals surface area (Å²) in [6.45, 7) is 5.25. The molecule has 4 aliphatic rings. The lowest BCUT2D eigenvalue weighted by Gasteiger charge is -2.33. The summed E-state index contributed by atoms with van der Waals surface area (Å²) in [7, 11) is 0. The number of hydrogen-bond donors (Lipinski definition) is 3. The largest absolute Gasteiger partial charge is 0.489 e. The van der Waals surface area contributed by atoms with Gasteiger partial charge in [0.05, 0.1) is 43.4 Å². The van der Waals surface area contributed by atoms with Crippen LogP contribution in [-0.4, -0.2) is 103 Å². The molecule has 2 saturated heterocycles. The van der Waals surface area contributed by atoms with E-state index in [1.165, 1.54) is 11.0 Å². The number of carbonyl (C=O) groups is 5. The molecule has 0 bridgehead atoms. The van der Waals surface area contributed by atoms with E-state index in [1.807, 2.05) is 24.0 Å². The number of amides is 5. The van der Waals surface area contributed by atoms with Crippen LogP contribution < -0.4 is 20.7 Å². The molecule has 0 radical (unpaired) electrons. The topological polar surface area (TPSA) is 168 Å². The van der Waals surface area contributed by atoms with Gasteiger partial charge in [-0.15, -0.1) is 0 Å². The van der Waals surface area contributed by atoms with Gasteiger partial charge in [0.2, 0.25) is 23.6 Å². The van der Waals surface area contributed by atoms with Gasteiger partial charge in [0, 0.05) is 91.5 Å². The maximum absolute atomic E-state index is 14.1. The number of pyridine rings is 1. The molecule has 5 amide bonds. The van der Waals surface area contributed by atoms with Crippen LogP contribution in [0.5, 0.6) is 5.75 Å². The van der Waals surface area contributed by atoms with Gasteiger partial charge in [-0.25, -0.2) is 4.39 Å². The molecule has 344 valence electrons. The normalized spacial score (nSPS) is 20.7. The van der Waals surface area contributed by atoms with Crippen molar-refractivity contribution in [3.63, 3.8) is 0 Å². The summed E-state index contributed by atoms with van der Waals surface area (Å²) in [6, 6.07) is 16.8. The highest BCUT2D eigenvalue weighted by molar-refractivity contribution is 6.32. The predicted molar refractivity (Wildman–Crippen MR) is 243 cm³/mol. The summed E-state index contributed by atoms with van der Waals surface area (Å²) < 4.78 is 31.8. The Labute approximate surface area is 382 Å². The standard InChI is InChI=1S/C49H56ClFN6O8/c1-30(31-5-7-32(8-6-31)36-15-19-52-42-12-9-33(51)27-38(36)42)47(60)54-34-10-11-40(50)44(28-34)65-35-16-21-56(22-17-35)46(59)18-23-63-25-26-64-24-20-53-41-4-2-3-37-39(41)29-57(49(37)62)43-13-14-45(58)55-48(43)61/h2-4,9-12,15,19,27-28,30-32,35,43,53H,5-8,13-14,16-18,20-26,29H2,1H3,(H,54,60)(H,55,58,61)/t30-,31?,32?,43?/m1/s1. The Morgan fingerprint density at radius 1 is 0.923 bits per heavy atom. The number of fused-ring (bicyclic) bond motifs is 2. The highest BCUT2D eigenvalue weighted by Crippen LogP contribution is 2.41. The molecule has 1 unspecified atom stereocenters. The number of piperidine rings is 2. The Morgan fingerprint density at radius 3 is 2.49 bits per heavy atom. The van der Waals surface area contributed by atoms with Gasteiger partial charge in [0.1, 0.15) is 23.7 Å². The van der Waals surface area contributed by atoms with Crippen LogP contribution in [0.1, 0.15) is 92.1 Å². The van der Waals surface area contributed by atoms with Crippen LogP contribution in [0.4, 0.5) is 15.8 Å². The zero-order chi connectivity index (χ0) is 45.5. The number of likely N-dealkylation sites (tertiary alicyclic amines) is 1. The zero-order valence-electron chi connectivity index (χ0n) is 36.6. The van der Waals surface area contributed by atoms with E-state index >= 15 is 0 Å². The summed E-state index contributed by atoms with van der Waals surface area (Å²) in [6.07, 6.45) is 7.38. The van der Waals surface area contributed by atoms with Crippen molar-refractivity contribution in [2.24, 2.45) is 11.8 Å². The number of ether oxygens (including phenoxy) is 3. The van der Waals surface area contributed by atoms with Gasteiger partial charge in [-0.2, -0.15) is 0 Å². The molecule has 1 aromatic heterocycles. The smallest absolute Gasteiger partial charge is 0.255 e. The molecule has 4 heterocycles. The maximum Gasteiger partial charge on any atom is 0.255 e. The molecule has 14 nitrogen and oxygen atoms in total. The van der Waals surface area contributed by atoms with Crippen LogP contribution in [0.2, 0.25) is 5.02 Å². The number of nitrogens with one attached hydrogen (secondary N) is 3. The molecular formula is C49H56ClFN6O8. The molecule has 16 heteroatoms. The Balaban J connectivity index is 0.692. The fourth-order valence-corrected chi connectivity index (χ4v) is 9.78. The minimum atomic E-state index is -0.666. The van der Waals surface area contributed by atoms with Crippen molar-refractivity contribution in [3.05, 3.63) is 94.4 Å². The Bertz CT molecular complexity index is 2400. The molecule has 1 aliphatic carbocycles. The number of nitrogens with zero attached hydrogens (tertiary/aromatic N) is 3. The van der Waals surface area contributed by atoms with E-state index in [9.17, 15) is 28.4 Å². The van der Waals surface area contributed by atoms with Crippen LogP contribution in [0.25, 0.3) is 10.9 Å². The van der Waals surface area contributed by atoms with E-state index < -0.39 is 11.9 Å². The summed E-state index contributed by atoms with van der Waals surface area (Å²) in [5.41, 5.74) is 4.70. The Kier molecular flexibility index (Phi) is 14.9. The minimum Gasteiger partial charge on any atom is -0.489 e. The highest BCUT2D eigenvalue weighted by Gasteiger charge is 2.40. The van der Waals surface area contributed by atoms with E-state index in [1.54, 1.807) is 48.7 Å². The van der Waals surface area contributed by atoms with Crippen LogP contribution in [-0.2, 0) is 35.2 Å². The fourth-order valence-electron chi connectivity index (χ4n) is 9.62. The lowest BCUT2D eigenvalue weighted by atomic mass is 9.73. The van der Waals surface area contributed by atoms with Gasteiger partial charge in [-0.3, -0.25) is 34.3 Å². The number of anilines is 2. The first-order valence-corrected chi connectivity index (χ1v) is 23.1. The number of hydrogen-bond acceptors (Lipinski definition) is 10. The second-order valence-electron chi connectivity index (χ2n) is 17.4. The average Bonchev–Trinajstić information content (AvgIpc) is 3.65. The first-order chi connectivity index (χ1) is 31.5. The van der Waals surface area contributed by atoms with Crippen LogP contribution >= 0.6 is 11.6 Å². The van der Waals surface area contributed by atoms with Crippen LogP contribution in [0, 0.1) is 17.7 Å². The molecule has 8 rings (SSSR count). The fraction of sp³-hybridized carbons (Fsp3) is 0.469. The van der Waals surface area contributed by atoms with E-state index in [0.717, 1.165) is 53.4 Å². The third-order valence-corrected chi connectivity index (χ3v) is 13.6. The van der Waals surface area contributed by atoms with E-state index in [0.29, 0.717) is 86.7 Å². The molecule has 3 aromatic carbocycles. The van der Waals surface area contributed by atoms with Crippen molar-refractivity contribution < 1.29 is 42.6 Å². The minimum absolute atomic E-state index is 0.0187. The molecule has 4 aromatic rings. The number of imide groups is 1.